The maximum Gasteiger partial charge on any atom is 0.254 e. The van der Waals surface area contributed by atoms with E-state index >= 15 is 0 Å². The van der Waals surface area contributed by atoms with Gasteiger partial charge < -0.3 is 10.2 Å². The average Bonchev–Trinajstić information content (AvgIpc) is 3.16. The molecule has 118 valence electrons. The van der Waals surface area contributed by atoms with Gasteiger partial charge in [0.2, 0.25) is 0 Å². The minimum absolute atomic E-state index is 0.00163. The molecule has 1 amide bonds. The second-order valence-corrected chi connectivity index (χ2v) is 5.57. The molecule has 23 heavy (non-hydrogen) atoms. The number of rotatable bonds is 3. The third-order valence-corrected chi connectivity index (χ3v) is 3.92. The first-order valence-electron chi connectivity index (χ1n) is 7.31. The highest BCUT2D eigenvalue weighted by Gasteiger charge is 2.25. The fraction of sp³-hybridized carbons (Fsp3) is 0.312. The van der Waals surface area contributed by atoms with Gasteiger partial charge in [-0.3, -0.25) is 9.48 Å². The van der Waals surface area contributed by atoms with Crippen molar-refractivity contribution in [3.05, 3.63) is 42.0 Å². The fourth-order valence-corrected chi connectivity index (χ4v) is 2.72. The summed E-state index contributed by atoms with van der Waals surface area (Å²) < 4.78 is 16.3. The van der Waals surface area contributed by atoms with E-state index in [9.17, 15) is 9.18 Å². The van der Waals surface area contributed by atoms with Crippen molar-refractivity contribution in [2.45, 2.75) is 12.5 Å². The van der Waals surface area contributed by atoms with Gasteiger partial charge in [0.05, 0.1) is 11.8 Å². The molecule has 2 aromatic rings. The molecule has 1 aliphatic rings. The van der Waals surface area contributed by atoms with Crippen LogP contribution in [0.3, 0.4) is 0 Å². The topological polar surface area (TPSA) is 74.0 Å². The smallest absolute Gasteiger partial charge is 0.254 e. The van der Waals surface area contributed by atoms with E-state index in [2.05, 4.69) is 10.4 Å². The van der Waals surface area contributed by atoms with E-state index in [0.717, 1.165) is 0 Å². The summed E-state index contributed by atoms with van der Waals surface area (Å²) in [6.45, 7) is 1.08. The van der Waals surface area contributed by atoms with Crippen molar-refractivity contribution < 1.29 is 9.18 Å². The largest absolute Gasteiger partial charge is 0.347 e. The van der Waals surface area contributed by atoms with Gasteiger partial charge in [-0.05, 0) is 12.5 Å². The second kappa shape index (κ2) is 6.08. The van der Waals surface area contributed by atoms with E-state index in [1.54, 1.807) is 41.2 Å². The Balaban J connectivity index is 1.80. The lowest BCUT2D eigenvalue weighted by atomic mass is 10.0. The maximum atomic E-state index is 14.7. The number of likely N-dealkylation sites (tertiary alicyclic amines) is 1. The molecule has 1 aromatic heterocycles. The molecule has 0 saturated carbocycles. The van der Waals surface area contributed by atoms with Crippen LogP contribution in [0, 0.1) is 17.3 Å². The van der Waals surface area contributed by atoms with Gasteiger partial charge >= 0.3 is 0 Å². The number of aromatic nitrogens is 2. The molecule has 1 unspecified atom stereocenters. The minimum atomic E-state index is -0.562. The Bertz CT molecular complexity index is 779. The van der Waals surface area contributed by atoms with Gasteiger partial charge in [0.15, 0.2) is 6.19 Å². The van der Waals surface area contributed by atoms with Crippen LogP contribution < -0.4 is 5.32 Å². The highest BCUT2D eigenvalue weighted by molar-refractivity contribution is 5.96. The van der Waals surface area contributed by atoms with Crippen molar-refractivity contribution in [3.63, 3.8) is 0 Å². The summed E-state index contributed by atoms with van der Waals surface area (Å²) in [5.74, 6) is -1.02. The number of aryl methyl sites for hydroxylation is 1. The number of nitriles is 1. The van der Waals surface area contributed by atoms with Gasteiger partial charge in [0, 0.05) is 43.5 Å². The number of hydrogen-bond acceptors (Lipinski definition) is 4. The summed E-state index contributed by atoms with van der Waals surface area (Å²) in [7, 11) is 1.75. The summed E-state index contributed by atoms with van der Waals surface area (Å²) in [6, 6.07) is 4.59. The molecule has 0 radical (unpaired) electrons. The number of benzene rings is 1. The number of halogens is 1. The van der Waals surface area contributed by atoms with Crippen molar-refractivity contribution in [1.29, 1.82) is 5.26 Å². The first-order chi connectivity index (χ1) is 11.1. The standard InChI is InChI=1S/C16H16FN5O/c1-21-8-11(7-19-21)13-3-2-4-14(15(13)17)16(23)20-12-5-6-22(9-12)10-18/h2-4,7-8,12H,5-6,9H2,1H3,(H,20,23). The van der Waals surface area contributed by atoms with E-state index in [1.165, 1.54) is 6.07 Å². The van der Waals surface area contributed by atoms with Crippen molar-refractivity contribution in [1.82, 2.24) is 20.0 Å². The first kappa shape index (κ1) is 15.0. The zero-order valence-electron chi connectivity index (χ0n) is 12.7. The molecule has 1 saturated heterocycles. The fourth-order valence-electron chi connectivity index (χ4n) is 2.72. The molecular formula is C16H16FN5O. The lowest BCUT2D eigenvalue weighted by molar-refractivity contribution is 0.0935. The van der Waals surface area contributed by atoms with Gasteiger partial charge in [-0.15, -0.1) is 0 Å². The zero-order chi connectivity index (χ0) is 16.4. The SMILES string of the molecule is Cn1cc(-c2cccc(C(=O)NC3CCN(C#N)C3)c2F)cn1. The molecule has 1 N–H and O–H groups in total. The highest BCUT2D eigenvalue weighted by atomic mass is 19.1. The van der Waals surface area contributed by atoms with E-state index in [4.69, 9.17) is 5.26 Å². The molecule has 1 fully saturated rings. The van der Waals surface area contributed by atoms with E-state index in [1.807, 2.05) is 6.19 Å². The molecule has 1 aromatic carbocycles. The van der Waals surface area contributed by atoms with Gasteiger partial charge in [-0.2, -0.15) is 10.4 Å². The Labute approximate surface area is 133 Å². The Morgan fingerprint density at radius 2 is 2.35 bits per heavy atom. The predicted octanol–water partition coefficient (Wildman–Crippen LogP) is 1.51. The molecule has 1 atom stereocenters. The van der Waals surface area contributed by atoms with Crippen LogP contribution in [0.5, 0.6) is 0 Å². The number of nitrogens with zero attached hydrogens (tertiary/aromatic N) is 4. The molecule has 0 spiro atoms. The zero-order valence-corrected chi connectivity index (χ0v) is 12.7. The van der Waals surface area contributed by atoms with Gasteiger partial charge in [-0.25, -0.2) is 4.39 Å². The highest BCUT2D eigenvalue weighted by Crippen LogP contribution is 2.24. The van der Waals surface area contributed by atoms with Gasteiger partial charge in [0.1, 0.15) is 5.82 Å². The minimum Gasteiger partial charge on any atom is -0.347 e. The van der Waals surface area contributed by atoms with Crippen LogP contribution in [0.4, 0.5) is 4.39 Å². The lowest BCUT2D eigenvalue weighted by Crippen LogP contribution is -2.36. The van der Waals surface area contributed by atoms with Crippen LogP contribution in [0.25, 0.3) is 11.1 Å². The molecule has 0 bridgehead atoms. The molecule has 1 aliphatic heterocycles. The predicted molar refractivity (Wildman–Crippen MR) is 81.7 cm³/mol. The first-order valence-corrected chi connectivity index (χ1v) is 7.31. The van der Waals surface area contributed by atoms with Crippen molar-refractivity contribution in [3.8, 4) is 17.3 Å². The molecule has 0 aliphatic carbocycles. The Morgan fingerprint density at radius 3 is 3.00 bits per heavy atom. The Kier molecular flexibility index (Phi) is 3.98. The lowest BCUT2D eigenvalue weighted by Gasteiger charge is -2.13. The average molecular weight is 313 g/mol. The Morgan fingerprint density at radius 1 is 1.52 bits per heavy atom. The Hall–Kier alpha value is -2.88. The van der Waals surface area contributed by atoms with Crippen LogP contribution in [-0.2, 0) is 7.05 Å². The third kappa shape index (κ3) is 3.01. The third-order valence-electron chi connectivity index (χ3n) is 3.92. The van der Waals surface area contributed by atoms with Crippen LogP contribution in [0.15, 0.2) is 30.6 Å². The van der Waals surface area contributed by atoms with Crippen molar-refractivity contribution in [2.24, 2.45) is 7.05 Å². The number of hydrogen-bond donors (Lipinski definition) is 1. The number of nitrogens with one attached hydrogen (secondary N) is 1. The second-order valence-electron chi connectivity index (χ2n) is 5.57. The van der Waals surface area contributed by atoms with Crippen LogP contribution >= 0.6 is 0 Å². The van der Waals surface area contributed by atoms with Crippen LogP contribution in [0.1, 0.15) is 16.8 Å². The molecular weight excluding hydrogens is 297 g/mol. The molecule has 7 heteroatoms. The number of carbonyl (C=O) groups excluding carboxylic acids is 1. The quantitative estimate of drug-likeness (QED) is 0.872. The summed E-state index contributed by atoms with van der Waals surface area (Å²) in [4.78, 5) is 13.9. The van der Waals surface area contributed by atoms with E-state index < -0.39 is 11.7 Å². The summed E-state index contributed by atoms with van der Waals surface area (Å²) in [5, 5.41) is 15.7. The summed E-state index contributed by atoms with van der Waals surface area (Å²) >= 11 is 0. The number of carbonyl (C=O) groups is 1. The summed E-state index contributed by atoms with van der Waals surface area (Å²) in [6.07, 6.45) is 5.99. The van der Waals surface area contributed by atoms with Gasteiger partial charge in [-0.1, -0.05) is 12.1 Å². The van der Waals surface area contributed by atoms with E-state index in [-0.39, 0.29) is 11.6 Å². The maximum absolute atomic E-state index is 14.7. The van der Waals surface area contributed by atoms with Gasteiger partial charge in [0.25, 0.3) is 5.91 Å². The van der Waals surface area contributed by atoms with Crippen molar-refractivity contribution >= 4 is 5.91 Å². The monoisotopic (exact) mass is 313 g/mol. The number of amides is 1. The molecule has 6 nitrogen and oxygen atoms in total. The normalized spacial score (nSPS) is 17.1. The summed E-state index contributed by atoms with van der Waals surface area (Å²) in [5.41, 5.74) is 0.966. The van der Waals surface area contributed by atoms with Crippen LogP contribution in [0.2, 0.25) is 0 Å². The molecule has 3 rings (SSSR count). The van der Waals surface area contributed by atoms with Crippen LogP contribution in [-0.4, -0.2) is 39.7 Å². The van der Waals surface area contributed by atoms with E-state index in [0.29, 0.717) is 30.6 Å². The van der Waals surface area contributed by atoms with Crippen molar-refractivity contribution in [2.75, 3.05) is 13.1 Å². The molecule has 2 heterocycles.